The van der Waals surface area contributed by atoms with Crippen molar-refractivity contribution in [2.45, 2.75) is 115 Å². The fourth-order valence-electron chi connectivity index (χ4n) is 4.42. The summed E-state index contributed by atoms with van der Waals surface area (Å²) in [4.78, 5) is 0. The number of benzene rings is 1. The van der Waals surface area contributed by atoms with Crippen molar-refractivity contribution < 1.29 is 18.9 Å². The SMILES string of the molecule is c1cc(OC2CCCCO2)ccc1CCCCCCCCCCCOC1CCCCO1. The third-order valence-corrected chi connectivity index (χ3v) is 6.38. The molecule has 0 aromatic heterocycles. The van der Waals surface area contributed by atoms with Gasteiger partial charge in [-0.1, -0.05) is 57.1 Å². The second-order valence-electron chi connectivity index (χ2n) is 9.16. The van der Waals surface area contributed by atoms with Crippen molar-refractivity contribution >= 4 is 0 Å². The Bertz CT molecular complexity index is 547. The van der Waals surface area contributed by atoms with Gasteiger partial charge in [0, 0.05) is 19.6 Å². The van der Waals surface area contributed by atoms with E-state index in [4.69, 9.17) is 18.9 Å². The molecule has 0 radical (unpaired) electrons. The molecule has 2 aliphatic rings. The Balaban J connectivity index is 1.09. The van der Waals surface area contributed by atoms with Gasteiger partial charge in [-0.25, -0.2) is 0 Å². The van der Waals surface area contributed by atoms with E-state index in [9.17, 15) is 0 Å². The van der Waals surface area contributed by atoms with E-state index in [1.54, 1.807) is 0 Å². The monoisotopic (exact) mass is 432 g/mol. The maximum Gasteiger partial charge on any atom is 0.199 e. The van der Waals surface area contributed by atoms with Gasteiger partial charge < -0.3 is 18.9 Å². The molecule has 1 aromatic carbocycles. The van der Waals surface area contributed by atoms with Crippen molar-refractivity contribution in [2.75, 3.05) is 19.8 Å². The van der Waals surface area contributed by atoms with Gasteiger partial charge >= 0.3 is 0 Å². The summed E-state index contributed by atoms with van der Waals surface area (Å²) in [5.74, 6) is 0.935. The van der Waals surface area contributed by atoms with Crippen LogP contribution in [0.4, 0.5) is 0 Å². The summed E-state index contributed by atoms with van der Waals surface area (Å²) < 4.78 is 23.0. The molecule has 0 aliphatic carbocycles. The van der Waals surface area contributed by atoms with Crippen LogP contribution in [0.2, 0.25) is 0 Å². The van der Waals surface area contributed by atoms with Gasteiger partial charge in [0.1, 0.15) is 5.75 Å². The molecule has 0 saturated carbocycles. The van der Waals surface area contributed by atoms with E-state index in [1.807, 2.05) is 0 Å². The van der Waals surface area contributed by atoms with Gasteiger partial charge in [-0.05, 0) is 69.1 Å². The second-order valence-corrected chi connectivity index (χ2v) is 9.16. The lowest BCUT2D eigenvalue weighted by molar-refractivity contribution is -0.162. The Kier molecular flexibility index (Phi) is 12.4. The van der Waals surface area contributed by atoms with E-state index in [1.165, 1.54) is 89.0 Å². The zero-order valence-corrected chi connectivity index (χ0v) is 19.5. The van der Waals surface area contributed by atoms with Crippen LogP contribution in [0.5, 0.6) is 5.75 Å². The van der Waals surface area contributed by atoms with E-state index in [0.717, 1.165) is 44.8 Å². The number of rotatable bonds is 15. The molecular formula is C27H44O4. The van der Waals surface area contributed by atoms with E-state index in [0.29, 0.717) is 0 Å². The first-order valence-electron chi connectivity index (χ1n) is 13.0. The van der Waals surface area contributed by atoms with Crippen molar-refractivity contribution in [1.82, 2.24) is 0 Å². The molecule has 2 atom stereocenters. The van der Waals surface area contributed by atoms with Crippen LogP contribution in [-0.4, -0.2) is 32.4 Å². The molecular weight excluding hydrogens is 388 g/mol. The van der Waals surface area contributed by atoms with Crippen LogP contribution in [0.3, 0.4) is 0 Å². The summed E-state index contributed by atoms with van der Waals surface area (Å²) in [5, 5.41) is 0. The standard InChI is InChI=1S/C27H44O4/c1(3-5-7-11-21-28-26-15-9-12-22-29-26)2-4-6-8-14-24-17-19-25(20-18-24)31-27-16-10-13-23-30-27/h17-20,26-27H,1-16,21-23H2. The molecule has 2 heterocycles. The van der Waals surface area contributed by atoms with E-state index in [2.05, 4.69) is 24.3 Å². The molecule has 0 amide bonds. The summed E-state index contributed by atoms with van der Waals surface area (Å²) in [6.45, 7) is 2.57. The molecule has 1 aromatic rings. The minimum Gasteiger partial charge on any atom is -0.465 e. The lowest BCUT2D eigenvalue weighted by atomic mass is 10.0. The fraction of sp³-hybridized carbons (Fsp3) is 0.778. The molecule has 2 saturated heterocycles. The third-order valence-electron chi connectivity index (χ3n) is 6.38. The van der Waals surface area contributed by atoms with Gasteiger partial charge in [0.2, 0.25) is 0 Å². The topological polar surface area (TPSA) is 36.9 Å². The summed E-state index contributed by atoms with van der Waals surface area (Å²) in [6.07, 6.45) is 20.0. The highest BCUT2D eigenvalue weighted by atomic mass is 16.7. The minimum absolute atomic E-state index is 0.0518. The van der Waals surface area contributed by atoms with Crippen molar-refractivity contribution in [1.29, 1.82) is 0 Å². The van der Waals surface area contributed by atoms with Crippen LogP contribution in [0.15, 0.2) is 24.3 Å². The first-order chi connectivity index (χ1) is 15.4. The molecule has 176 valence electrons. The summed E-state index contributed by atoms with van der Waals surface area (Å²) >= 11 is 0. The molecule has 0 N–H and O–H groups in total. The van der Waals surface area contributed by atoms with Crippen LogP contribution >= 0.6 is 0 Å². The van der Waals surface area contributed by atoms with Gasteiger partial charge in [-0.2, -0.15) is 0 Å². The minimum atomic E-state index is -0.0518. The van der Waals surface area contributed by atoms with Gasteiger partial charge in [-0.3, -0.25) is 0 Å². The van der Waals surface area contributed by atoms with E-state index in [-0.39, 0.29) is 12.6 Å². The number of ether oxygens (including phenoxy) is 4. The predicted molar refractivity (Wildman–Crippen MR) is 125 cm³/mol. The first-order valence-corrected chi connectivity index (χ1v) is 13.0. The Labute approximate surface area is 190 Å². The average molecular weight is 433 g/mol. The third kappa shape index (κ3) is 10.9. The Morgan fingerprint density at radius 1 is 0.645 bits per heavy atom. The number of hydrogen-bond donors (Lipinski definition) is 0. The summed E-state index contributed by atoms with van der Waals surface area (Å²) in [5.41, 5.74) is 1.41. The quantitative estimate of drug-likeness (QED) is 0.275. The van der Waals surface area contributed by atoms with Gasteiger partial charge in [-0.15, -0.1) is 0 Å². The lowest BCUT2D eigenvalue weighted by Crippen LogP contribution is -2.24. The largest absolute Gasteiger partial charge is 0.465 e. The molecule has 2 aliphatic heterocycles. The molecule has 3 rings (SSSR count). The highest BCUT2D eigenvalue weighted by Crippen LogP contribution is 2.21. The summed E-state index contributed by atoms with van der Waals surface area (Å²) in [6, 6.07) is 8.62. The normalized spacial score (nSPS) is 21.8. The maximum absolute atomic E-state index is 5.91. The predicted octanol–water partition coefficient (Wildman–Crippen LogP) is 7.19. The molecule has 4 heteroatoms. The summed E-state index contributed by atoms with van der Waals surface area (Å²) in [7, 11) is 0. The van der Waals surface area contributed by atoms with Crippen molar-refractivity contribution in [3.8, 4) is 5.75 Å². The highest BCUT2D eigenvalue weighted by molar-refractivity contribution is 5.27. The molecule has 2 fully saturated rings. The fourth-order valence-corrected chi connectivity index (χ4v) is 4.42. The molecule has 0 bridgehead atoms. The van der Waals surface area contributed by atoms with Crippen molar-refractivity contribution in [3.05, 3.63) is 29.8 Å². The van der Waals surface area contributed by atoms with E-state index < -0.39 is 0 Å². The Morgan fingerprint density at radius 2 is 1.23 bits per heavy atom. The van der Waals surface area contributed by atoms with Crippen LogP contribution in [0.25, 0.3) is 0 Å². The first kappa shape index (κ1) is 24.5. The zero-order chi connectivity index (χ0) is 21.4. The van der Waals surface area contributed by atoms with Crippen molar-refractivity contribution in [2.24, 2.45) is 0 Å². The van der Waals surface area contributed by atoms with Gasteiger partial charge in [0.25, 0.3) is 0 Å². The van der Waals surface area contributed by atoms with Crippen LogP contribution in [0.1, 0.15) is 102 Å². The zero-order valence-electron chi connectivity index (χ0n) is 19.5. The lowest BCUT2D eigenvalue weighted by Gasteiger charge is -2.23. The molecule has 31 heavy (non-hydrogen) atoms. The number of unbranched alkanes of at least 4 members (excludes halogenated alkanes) is 8. The molecule has 0 spiro atoms. The van der Waals surface area contributed by atoms with Gasteiger partial charge in [0.15, 0.2) is 12.6 Å². The van der Waals surface area contributed by atoms with Crippen molar-refractivity contribution in [3.63, 3.8) is 0 Å². The second kappa shape index (κ2) is 15.7. The maximum atomic E-state index is 5.91. The van der Waals surface area contributed by atoms with Gasteiger partial charge in [0.05, 0.1) is 6.61 Å². The smallest absolute Gasteiger partial charge is 0.199 e. The average Bonchev–Trinajstić information content (AvgIpc) is 2.82. The Hall–Kier alpha value is -1.10. The number of hydrogen-bond acceptors (Lipinski definition) is 4. The highest BCUT2D eigenvalue weighted by Gasteiger charge is 2.15. The van der Waals surface area contributed by atoms with Crippen LogP contribution in [-0.2, 0) is 20.6 Å². The Morgan fingerprint density at radius 3 is 1.84 bits per heavy atom. The molecule has 4 nitrogen and oxygen atoms in total. The number of aryl methyl sites for hydroxylation is 1. The van der Waals surface area contributed by atoms with Crippen LogP contribution in [0, 0.1) is 0 Å². The molecule has 2 unspecified atom stereocenters. The van der Waals surface area contributed by atoms with E-state index >= 15 is 0 Å². The van der Waals surface area contributed by atoms with Crippen LogP contribution < -0.4 is 4.74 Å².